The zero-order valence-corrected chi connectivity index (χ0v) is 43.7. The molecule has 20 nitrogen and oxygen atoms in total. The Morgan fingerprint density at radius 2 is 1.30 bits per heavy atom. The molecule has 77 heavy (non-hydrogen) atoms. The maximum atomic E-state index is 14.4. The molecule has 0 radical (unpaired) electrons. The Hall–Kier alpha value is -7.23. The number of aliphatic hydroxyl groups is 3. The summed E-state index contributed by atoms with van der Waals surface area (Å²) in [6.07, 6.45) is -1.33. The SMILES string of the molecule is [2H]c1ccc(COC[C@@H]2NC(=O)[C@@H]3C[C@@H](O)CN3C(=O)[C@H]([C@@H](C)O)NC(=O)[C@@H](NC(=O)c3ccc(-c4ccc(-c5ccc(OCCCCC)cc5)cc4)cc3)CCCNC(=O)[C@@H]3C[C@H](N)CN3C(=O)[C@H]([C@@H](C)O)NC2=O)cc1. The minimum Gasteiger partial charge on any atom is -0.494 e. The highest BCUT2D eigenvalue weighted by molar-refractivity contribution is 6.00. The number of amides is 7. The van der Waals surface area contributed by atoms with Crippen LogP contribution in [0.4, 0.5) is 0 Å². The lowest BCUT2D eigenvalue weighted by Gasteiger charge is -2.32. The van der Waals surface area contributed by atoms with Crippen molar-refractivity contribution < 1.29 is 59.7 Å². The lowest BCUT2D eigenvalue weighted by molar-refractivity contribution is -0.146. The van der Waals surface area contributed by atoms with E-state index >= 15 is 0 Å². The molecule has 0 spiro atoms. The van der Waals surface area contributed by atoms with Crippen molar-refractivity contribution in [1.82, 2.24) is 36.4 Å². The molecule has 7 amide bonds. The van der Waals surface area contributed by atoms with E-state index in [1.165, 1.54) is 30.9 Å². The number of fused-ring (bicyclic) bond motifs is 2. The molecule has 4 aromatic rings. The summed E-state index contributed by atoms with van der Waals surface area (Å²) in [5.74, 6) is -4.97. The number of ether oxygens (including phenoxy) is 2. The molecule has 3 fully saturated rings. The van der Waals surface area contributed by atoms with Gasteiger partial charge in [0.05, 0.1) is 39.5 Å². The monoisotopic (exact) mass is 1060 g/mol. The van der Waals surface area contributed by atoms with Crippen LogP contribution in [-0.2, 0) is 40.1 Å². The first-order valence-corrected chi connectivity index (χ1v) is 26.4. The lowest BCUT2D eigenvalue weighted by atomic mass is 9.99. The highest BCUT2D eigenvalue weighted by Gasteiger charge is 2.46. The number of nitrogens with one attached hydrogen (secondary N) is 5. The molecule has 0 aliphatic carbocycles. The van der Waals surface area contributed by atoms with Crippen LogP contribution >= 0.6 is 0 Å². The second-order valence-electron chi connectivity index (χ2n) is 20.0. The van der Waals surface area contributed by atoms with Crippen molar-refractivity contribution >= 4 is 41.4 Å². The fraction of sp³-hybridized carbons (Fsp3) is 0.456. The number of aliphatic hydroxyl groups excluding tert-OH is 3. The molecule has 412 valence electrons. The molecule has 3 aliphatic rings. The molecule has 0 saturated carbocycles. The standard InChI is InChI=1S/C57H72N8O12/c1-4-5-9-27-77-44-24-22-40(23-25-44)38-16-14-37(15-17-38)39-18-20-41(21-19-39)51(69)60-45-13-10-26-59-54(72)47-28-42(58)30-64(47)56(74)49(34(2)66)63-53(71)46(33-76-32-36-11-7-6-8-12-36)61-55(73)48-29-43(68)31-65(48)57(75)50(35(3)67)62-52(45)70/h6-8,11-12,14-25,34-35,42-43,45-50,66-68H,4-5,9-10,13,26-33,58H2,1-3H3,(H,59,72)(H,60,69)(H,61,73)(H,62,70)(H,63,71)/t34-,35-,42+,43-,45+,46+,47+,48+,49+,50+/m1/s1/i6D. The van der Waals surface area contributed by atoms with Crippen molar-refractivity contribution in [3.05, 3.63) is 114 Å². The summed E-state index contributed by atoms with van der Waals surface area (Å²) in [7, 11) is 0. The van der Waals surface area contributed by atoms with Gasteiger partial charge in [-0.2, -0.15) is 0 Å². The summed E-state index contributed by atoms with van der Waals surface area (Å²) in [5, 5.41) is 46.0. The van der Waals surface area contributed by atoms with E-state index < -0.39 is 115 Å². The van der Waals surface area contributed by atoms with Crippen LogP contribution in [0, 0.1) is 0 Å². The molecule has 0 aromatic heterocycles. The predicted molar refractivity (Wildman–Crippen MR) is 285 cm³/mol. The van der Waals surface area contributed by atoms with Crippen LogP contribution in [0.5, 0.6) is 5.75 Å². The van der Waals surface area contributed by atoms with Gasteiger partial charge < -0.3 is 66.9 Å². The maximum Gasteiger partial charge on any atom is 0.251 e. The second kappa shape index (κ2) is 27.2. The summed E-state index contributed by atoms with van der Waals surface area (Å²) in [6, 6.07) is 19.8. The zero-order chi connectivity index (χ0) is 56.0. The Kier molecular flexibility index (Phi) is 19.8. The molecule has 4 aromatic carbocycles. The normalized spacial score (nSPS) is 24.9. The Labute approximate surface area is 449 Å². The van der Waals surface area contributed by atoms with Crippen LogP contribution in [0.15, 0.2) is 103 Å². The van der Waals surface area contributed by atoms with E-state index in [4.69, 9.17) is 16.6 Å². The number of nitrogens with zero attached hydrogens (tertiary/aromatic N) is 2. The van der Waals surface area contributed by atoms with Crippen molar-refractivity contribution in [3.63, 3.8) is 0 Å². The third kappa shape index (κ3) is 15.3. The molecule has 3 heterocycles. The van der Waals surface area contributed by atoms with Gasteiger partial charge in [0.15, 0.2) is 0 Å². The minimum absolute atomic E-state index is 0.0411. The van der Waals surface area contributed by atoms with Gasteiger partial charge >= 0.3 is 0 Å². The molecular weight excluding hydrogens is 989 g/mol. The average molecular weight is 1060 g/mol. The summed E-state index contributed by atoms with van der Waals surface area (Å²) in [6.45, 7) is 4.24. The van der Waals surface area contributed by atoms with E-state index in [-0.39, 0.29) is 57.0 Å². The Balaban J connectivity index is 1.11. The first-order chi connectivity index (χ1) is 37.4. The van der Waals surface area contributed by atoms with Gasteiger partial charge in [0.2, 0.25) is 35.4 Å². The van der Waals surface area contributed by atoms with Crippen molar-refractivity contribution in [2.45, 2.75) is 133 Å². The van der Waals surface area contributed by atoms with E-state index in [1.807, 2.05) is 48.5 Å². The zero-order valence-electron chi connectivity index (χ0n) is 44.7. The van der Waals surface area contributed by atoms with E-state index in [0.29, 0.717) is 12.2 Å². The van der Waals surface area contributed by atoms with E-state index in [9.17, 15) is 48.9 Å². The number of hydrogen-bond acceptors (Lipinski definition) is 13. The molecule has 3 saturated heterocycles. The predicted octanol–water partition coefficient (Wildman–Crippen LogP) is 1.92. The smallest absolute Gasteiger partial charge is 0.251 e. The van der Waals surface area contributed by atoms with Gasteiger partial charge in [-0.05, 0) is 91.6 Å². The Morgan fingerprint density at radius 1 is 0.740 bits per heavy atom. The minimum atomic E-state index is -1.70. The lowest BCUT2D eigenvalue weighted by Crippen LogP contribution is -2.62. The first kappa shape index (κ1) is 56.0. The van der Waals surface area contributed by atoms with Crippen LogP contribution in [-0.4, -0.2) is 160 Å². The van der Waals surface area contributed by atoms with Crippen LogP contribution in [0.2, 0.25) is 0 Å². The average Bonchev–Trinajstić information content (AvgIpc) is 4.07. The van der Waals surface area contributed by atoms with Crippen LogP contribution in [0.1, 0.15) is 83.0 Å². The van der Waals surface area contributed by atoms with Gasteiger partial charge in [-0.15, -0.1) is 0 Å². The maximum absolute atomic E-state index is 14.4. The first-order valence-electron chi connectivity index (χ1n) is 26.9. The fourth-order valence-electron chi connectivity index (χ4n) is 9.67. The fourth-order valence-corrected chi connectivity index (χ4v) is 9.67. The van der Waals surface area contributed by atoms with Gasteiger partial charge in [0, 0.05) is 37.7 Å². The second-order valence-corrected chi connectivity index (χ2v) is 20.0. The van der Waals surface area contributed by atoms with Crippen LogP contribution in [0.25, 0.3) is 22.3 Å². The topological polar surface area (TPSA) is 291 Å². The number of unbranched alkanes of at least 4 members (excludes halogenated alkanes) is 2. The van der Waals surface area contributed by atoms with Gasteiger partial charge in [0.25, 0.3) is 5.91 Å². The van der Waals surface area contributed by atoms with Crippen molar-refractivity contribution in [1.29, 1.82) is 0 Å². The molecular formula is C57H72N8O12. The summed E-state index contributed by atoms with van der Waals surface area (Å²) >= 11 is 0. The van der Waals surface area contributed by atoms with E-state index in [1.54, 1.807) is 36.4 Å². The summed E-state index contributed by atoms with van der Waals surface area (Å²) in [5.41, 5.74) is 10.9. The number of nitrogens with two attached hydrogens (primary N) is 1. The summed E-state index contributed by atoms with van der Waals surface area (Å²) in [4.78, 5) is 101. The Bertz CT molecular complexity index is 2710. The number of rotatable bonds is 15. The van der Waals surface area contributed by atoms with Crippen molar-refractivity contribution in [2.24, 2.45) is 5.73 Å². The summed E-state index contributed by atoms with van der Waals surface area (Å²) < 4.78 is 19.5. The quantitative estimate of drug-likeness (QED) is 0.0771. The largest absolute Gasteiger partial charge is 0.494 e. The third-order valence-corrected chi connectivity index (χ3v) is 14.0. The van der Waals surface area contributed by atoms with Crippen LogP contribution < -0.4 is 37.1 Å². The van der Waals surface area contributed by atoms with Crippen molar-refractivity contribution in [3.8, 4) is 28.0 Å². The number of hydrogen-bond donors (Lipinski definition) is 9. The highest BCUT2D eigenvalue weighted by Crippen LogP contribution is 2.28. The van der Waals surface area contributed by atoms with E-state index in [0.717, 1.165) is 52.2 Å². The molecule has 10 N–H and O–H groups in total. The van der Waals surface area contributed by atoms with Gasteiger partial charge in [-0.25, -0.2) is 0 Å². The molecule has 20 heteroatoms. The number of benzene rings is 4. The van der Waals surface area contributed by atoms with E-state index in [2.05, 4.69) is 33.5 Å². The molecule has 0 unspecified atom stereocenters. The Morgan fingerprint density at radius 3 is 1.90 bits per heavy atom. The number of carbonyl (C=O) groups excluding carboxylic acids is 7. The van der Waals surface area contributed by atoms with Gasteiger partial charge in [0.1, 0.15) is 42.0 Å². The number of carbonyl (C=O) groups is 7. The molecule has 7 rings (SSSR count). The van der Waals surface area contributed by atoms with Crippen LogP contribution in [0.3, 0.4) is 0 Å². The molecule has 0 bridgehead atoms. The van der Waals surface area contributed by atoms with Gasteiger partial charge in [-0.1, -0.05) is 98.6 Å². The van der Waals surface area contributed by atoms with Gasteiger partial charge in [-0.3, -0.25) is 33.6 Å². The highest BCUT2D eigenvalue weighted by atomic mass is 16.5. The molecule has 10 atom stereocenters. The third-order valence-electron chi connectivity index (χ3n) is 14.0. The van der Waals surface area contributed by atoms with Crippen molar-refractivity contribution in [2.75, 3.05) is 32.8 Å². The molecule has 3 aliphatic heterocycles.